The average molecular weight is 629 g/mol. The van der Waals surface area contributed by atoms with Crippen molar-refractivity contribution in [2.45, 2.75) is 5.41 Å². The van der Waals surface area contributed by atoms with Crippen LogP contribution in [0.1, 0.15) is 27.8 Å². The lowest BCUT2D eigenvalue weighted by Crippen LogP contribution is -2.48. The predicted octanol–water partition coefficient (Wildman–Crippen LogP) is 9.06. The quantitative estimate of drug-likeness (QED) is 0.176. The predicted molar refractivity (Wildman–Crippen MR) is 202 cm³/mol. The molecule has 2 unspecified atom stereocenters. The van der Waals surface area contributed by atoms with Gasteiger partial charge in [0.15, 0.2) is 0 Å². The van der Waals surface area contributed by atoms with Gasteiger partial charge in [0.25, 0.3) is 0 Å². The fourth-order valence-corrected chi connectivity index (χ4v) is 12.2. The molecule has 0 fully saturated rings. The zero-order chi connectivity index (χ0) is 32.0. The molecule has 0 amide bonds. The van der Waals surface area contributed by atoms with Gasteiger partial charge in [-0.1, -0.05) is 140 Å². The van der Waals surface area contributed by atoms with Crippen LogP contribution < -0.4 is 15.9 Å². The van der Waals surface area contributed by atoms with Crippen LogP contribution in [0.5, 0.6) is 0 Å². The Kier molecular flexibility index (Phi) is 5.58. The second kappa shape index (κ2) is 9.82. The number of para-hydroxylation sites is 3. The summed E-state index contributed by atoms with van der Waals surface area (Å²) in [5.74, 6) is 0. The summed E-state index contributed by atoms with van der Waals surface area (Å²) in [6, 6.07) is 62.0. The summed E-state index contributed by atoms with van der Waals surface area (Å²) in [6.07, 6.45) is 5.27. The molecular formula is C45H29N2P. The summed E-state index contributed by atoms with van der Waals surface area (Å²) < 4.78 is 2.49. The van der Waals surface area contributed by atoms with E-state index < -0.39 is 12.3 Å². The van der Waals surface area contributed by atoms with Gasteiger partial charge >= 0.3 is 0 Å². The molecule has 7 aromatic carbocycles. The van der Waals surface area contributed by atoms with Gasteiger partial charge in [-0.2, -0.15) is 5.26 Å². The summed E-state index contributed by atoms with van der Waals surface area (Å²) in [4.78, 5) is 0. The maximum Gasteiger partial charge on any atom is 0.0991 e. The minimum Gasteiger partial charge on any atom is -0.309 e. The smallest absolute Gasteiger partial charge is 0.0991 e. The third kappa shape index (κ3) is 3.32. The van der Waals surface area contributed by atoms with Gasteiger partial charge in [0.1, 0.15) is 0 Å². The van der Waals surface area contributed by atoms with E-state index in [9.17, 15) is 5.26 Å². The highest BCUT2D eigenvalue weighted by molar-refractivity contribution is 7.93. The van der Waals surface area contributed by atoms with Crippen molar-refractivity contribution in [2.24, 2.45) is 0 Å². The Labute approximate surface area is 279 Å². The summed E-state index contributed by atoms with van der Waals surface area (Å²) in [7, 11) is 0. The van der Waals surface area contributed by atoms with Crippen LogP contribution in [0.2, 0.25) is 0 Å². The number of rotatable bonds is 2. The Morgan fingerprint density at radius 2 is 1.19 bits per heavy atom. The van der Waals surface area contributed by atoms with Gasteiger partial charge in [-0.25, -0.2) is 0 Å². The van der Waals surface area contributed by atoms with Gasteiger partial charge in [-0.05, 0) is 86.5 Å². The molecule has 0 saturated carbocycles. The van der Waals surface area contributed by atoms with Crippen molar-refractivity contribution in [3.05, 3.63) is 192 Å². The van der Waals surface area contributed by atoms with Crippen molar-refractivity contribution in [1.82, 2.24) is 4.57 Å². The van der Waals surface area contributed by atoms with Gasteiger partial charge < -0.3 is 4.57 Å². The highest BCUT2D eigenvalue weighted by Gasteiger charge is 2.52. The summed E-state index contributed by atoms with van der Waals surface area (Å²) in [5, 5.41) is 15.9. The second-order valence-electron chi connectivity index (χ2n) is 12.9. The fourth-order valence-electron chi connectivity index (χ4n) is 8.72. The molecule has 224 valence electrons. The number of hydrogen-bond acceptors (Lipinski definition) is 1. The van der Waals surface area contributed by atoms with Crippen LogP contribution in [-0.2, 0) is 5.41 Å². The largest absolute Gasteiger partial charge is 0.309 e. The maximum absolute atomic E-state index is 9.49. The molecule has 8 aromatic rings. The lowest BCUT2D eigenvalue weighted by Gasteiger charge is -2.49. The van der Waals surface area contributed by atoms with E-state index in [1.54, 1.807) is 0 Å². The minimum absolute atomic E-state index is 0.564. The first-order valence-electron chi connectivity index (χ1n) is 16.3. The van der Waals surface area contributed by atoms with Crippen molar-refractivity contribution in [1.29, 1.82) is 5.26 Å². The third-order valence-corrected chi connectivity index (χ3v) is 14.3. The summed E-state index contributed by atoms with van der Waals surface area (Å²) >= 11 is 0. The Hall–Kier alpha value is -5.87. The monoisotopic (exact) mass is 628 g/mol. The van der Waals surface area contributed by atoms with Gasteiger partial charge in [-0.15, -0.1) is 0 Å². The molecule has 2 atom stereocenters. The Bertz CT molecular complexity index is 2710. The first kappa shape index (κ1) is 27.3. The zero-order valence-electron chi connectivity index (χ0n) is 26.1. The lowest BCUT2D eigenvalue weighted by molar-refractivity contribution is 0.734. The number of nitrogens with zero attached hydrogens (tertiary/aromatic N) is 2. The lowest BCUT2D eigenvalue weighted by atomic mass is 9.62. The molecule has 0 saturated heterocycles. The molecule has 2 aliphatic heterocycles. The van der Waals surface area contributed by atoms with Crippen LogP contribution in [0.15, 0.2) is 164 Å². The van der Waals surface area contributed by atoms with E-state index in [4.69, 9.17) is 6.30 Å². The highest BCUT2D eigenvalue weighted by Crippen LogP contribution is 2.60. The van der Waals surface area contributed by atoms with Crippen LogP contribution in [-0.4, -0.2) is 10.9 Å². The number of hydrogen-bond donors (Lipinski definition) is 0. The van der Waals surface area contributed by atoms with Gasteiger partial charge in [0.05, 0.1) is 33.8 Å². The van der Waals surface area contributed by atoms with Crippen molar-refractivity contribution in [2.75, 3.05) is 0 Å². The van der Waals surface area contributed by atoms with E-state index in [2.05, 4.69) is 162 Å². The molecule has 0 radical (unpaired) electrons. The van der Waals surface area contributed by atoms with Crippen molar-refractivity contribution >= 4 is 50.9 Å². The highest BCUT2D eigenvalue weighted by atomic mass is 31.2. The average Bonchev–Trinajstić information content (AvgIpc) is 3.50. The molecule has 0 aliphatic carbocycles. The second-order valence-corrected chi connectivity index (χ2v) is 16.0. The fraction of sp³-hybridized carbons (Fsp3) is 0.0222. The first-order chi connectivity index (χ1) is 23.7. The topological polar surface area (TPSA) is 28.7 Å². The molecule has 0 N–H and O–H groups in total. The Balaban J connectivity index is 1.41. The SMILES string of the molecule is C=P1(c2ccccc2)c2ccccc2C2(c3ccccc3-n3c4ccccc4c4cccc2c43)c2ccc(-c3ccc(C#N)cc3)cc21. The molecule has 48 heavy (non-hydrogen) atoms. The summed E-state index contributed by atoms with van der Waals surface area (Å²) in [5.41, 5.74) is 11.2. The van der Waals surface area contributed by atoms with Gasteiger partial charge in [0.2, 0.25) is 0 Å². The third-order valence-electron chi connectivity index (χ3n) is 10.7. The number of nitriles is 1. The normalized spacial score (nSPS) is 18.6. The van der Waals surface area contributed by atoms with Crippen molar-refractivity contribution in [3.63, 3.8) is 0 Å². The summed E-state index contributed by atoms with van der Waals surface area (Å²) in [6.45, 7) is -2.36. The van der Waals surface area contributed by atoms with Crippen molar-refractivity contribution < 1.29 is 0 Å². The first-order valence-corrected chi connectivity index (χ1v) is 18.3. The molecule has 2 nitrogen and oxygen atoms in total. The zero-order valence-corrected chi connectivity index (χ0v) is 27.0. The standard InChI is InChI=1S/C45H29N2P/c1-48(33-12-3-2-4-13-33)42-21-10-7-17-37(42)45(38-27-26-32(28-43(38)48)31-24-22-30(29-46)23-25-31)36-16-6-9-20-41(36)47-40-19-8-5-14-34(40)35-15-11-18-39(45)44(35)47/h2-28H,1H2. The van der Waals surface area contributed by atoms with E-state index in [1.807, 2.05) is 12.1 Å². The van der Waals surface area contributed by atoms with E-state index in [0.717, 1.165) is 11.1 Å². The number of fused-ring (bicyclic) bond motifs is 11. The van der Waals surface area contributed by atoms with E-state index >= 15 is 0 Å². The Morgan fingerprint density at radius 3 is 2.02 bits per heavy atom. The van der Waals surface area contributed by atoms with Crippen LogP contribution >= 0.6 is 6.89 Å². The van der Waals surface area contributed by atoms with Gasteiger partial charge in [-0.3, -0.25) is 0 Å². The van der Waals surface area contributed by atoms with Crippen LogP contribution in [0.4, 0.5) is 0 Å². The molecule has 10 rings (SSSR count). The number of benzene rings is 7. The van der Waals surface area contributed by atoms with E-state index in [1.165, 1.54) is 65.7 Å². The Morgan fingerprint density at radius 1 is 0.542 bits per heavy atom. The van der Waals surface area contributed by atoms with E-state index in [-0.39, 0.29) is 0 Å². The molecule has 3 heterocycles. The molecular weight excluding hydrogens is 599 g/mol. The van der Waals surface area contributed by atoms with Crippen LogP contribution in [0.3, 0.4) is 0 Å². The number of aromatic nitrogens is 1. The van der Waals surface area contributed by atoms with Crippen LogP contribution in [0, 0.1) is 11.3 Å². The molecule has 2 aliphatic rings. The molecule has 0 bridgehead atoms. The van der Waals surface area contributed by atoms with Crippen LogP contribution in [0.25, 0.3) is 38.6 Å². The van der Waals surface area contributed by atoms with Crippen molar-refractivity contribution in [3.8, 4) is 22.9 Å². The molecule has 1 spiro atoms. The minimum atomic E-state index is -2.36. The van der Waals surface area contributed by atoms with Gasteiger partial charge in [0, 0.05) is 10.8 Å². The molecule has 3 heteroatoms. The molecule has 1 aromatic heterocycles. The van der Waals surface area contributed by atoms with E-state index in [0.29, 0.717) is 5.56 Å². The maximum atomic E-state index is 9.49.